The van der Waals surface area contributed by atoms with Crippen LogP contribution in [-0.2, 0) is 9.53 Å². The highest BCUT2D eigenvalue weighted by atomic mass is 16.5. The Morgan fingerprint density at radius 1 is 1.35 bits per heavy atom. The average Bonchev–Trinajstić information content (AvgIpc) is 2.57. The molecule has 0 unspecified atom stereocenters. The largest absolute Gasteiger partial charge is 0.452 e. The van der Waals surface area contributed by atoms with Crippen LogP contribution in [0.3, 0.4) is 0 Å². The van der Waals surface area contributed by atoms with E-state index in [1.54, 1.807) is 18.2 Å². The summed E-state index contributed by atoms with van der Waals surface area (Å²) in [6.45, 7) is 4.05. The Morgan fingerprint density at radius 2 is 2.13 bits per heavy atom. The number of nitriles is 1. The summed E-state index contributed by atoms with van der Waals surface area (Å²) in [5.74, 6) is 0.143. The number of nitrogens with one attached hydrogen (secondary N) is 1. The molecule has 0 aliphatic heterocycles. The zero-order valence-electron chi connectivity index (χ0n) is 13.5. The minimum Gasteiger partial charge on any atom is -0.452 e. The van der Waals surface area contributed by atoms with Crippen molar-refractivity contribution < 1.29 is 14.3 Å². The number of carbonyl (C=O) groups excluding carboxylic acids is 2. The molecule has 122 valence electrons. The molecule has 1 fully saturated rings. The van der Waals surface area contributed by atoms with E-state index in [4.69, 9.17) is 10.00 Å². The fourth-order valence-electron chi connectivity index (χ4n) is 2.96. The van der Waals surface area contributed by atoms with Gasteiger partial charge in [0.2, 0.25) is 0 Å². The van der Waals surface area contributed by atoms with Crippen LogP contribution in [0, 0.1) is 23.2 Å². The SMILES string of the molecule is C[C@H]1[C@@H](NC(=O)COC(=O)c2cccc(C#N)c2)CCC[C@@H]1C. The maximum absolute atomic E-state index is 12.0. The standard InChI is InChI=1S/C18H22N2O3/c1-12-5-3-8-16(13(12)2)20-17(21)11-23-18(22)15-7-4-6-14(9-15)10-19/h4,6-7,9,12-13,16H,3,5,8,11H2,1-2H3,(H,20,21)/t12-,13+,16-/m0/s1. The molecular formula is C18H22N2O3. The Labute approximate surface area is 136 Å². The van der Waals surface area contributed by atoms with E-state index in [1.165, 1.54) is 12.5 Å². The fraction of sp³-hybridized carbons (Fsp3) is 0.500. The van der Waals surface area contributed by atoms with Crippen molar-refractivity contribution in [2.45, 2.75) is 39.2 Å². The third kappa shape index (κ3) is 4.56. The first-order valence-electron chi connectivity index (χ1n) is 7.98. The van der Waals surface area contributed by atoms with Crippen molar-refractivity contribution in [1.29, 1.82) is 5.26 Å². The predicted molar refractivity (Wildman–Crippen MR) is 85.5 cm³/mol. The second-order valence-electron chi connectivity index (χ2n) is 6.21. The minimum atomic E-state index is -0.595. The van der Waals surface area contributed by atoms with Gasteiger partial charge in [-0.3, -0.25) is 4.79 Å². The van der Waals surface area contributed by atoms with Gasteiger partial charge in [-0.1, -0.05) is 32.8 Å². The number of esters is 1. The number of hydrogen-bond donors (Lipinski definition) is 1. The maximum Gasteiger partial charge on any atom is 0.338 e. The van der Waals surface area contributed by atoms with Gasteiger partial charge in [0, 0.05) is 6.04 Å². The number of nitrogens with zero attached hydrogens (tertiary/aromatic N) is 1. The molecule has 3 atom stereocenters. The maximum atomic E-state index is 12.0. The topological polar surface area (TPSA) is 79.2 Å². The van der Waals surface area contributed by atoms with E-state index in [0.717, 1.165) is 12.8 Å². The van der Waals surface area contributed by atoms with Crippen LogP contribution in [0.2, 0.25) is 0 Å². The predicted octanol–water partition coefficient (Wildman–Crippen LogP) is 2.66. The van der Waals surface area contributed by atoms with Gasteiger partial charge in [-0.25, -0.2) is 4.79 Å². The van der Waals surface area contributed by atoms with E-state index in [0.29, 0.717) is 17.4 Å². The first-order valence-corrected chi connectivity index (χ1v) is 7.98. The Bertz CT molecular complexity index is 621. The van der Waals surface area contributed by atoms with Crippen LogP contribution in [-0.4, -0.2) is 24.5 Å². The number of carbonyl (C=O) groups is 2. The van der Waals surface area contributed by atoms with Crippen molar-refractivity contribution in [3.63, 3.8) is 0 Å². The summed E-state index contributed by atoms with van der Waals surface area (Å²) >= 11 is 0. The summed E-state index contributed by atoms with van der Waals surface area (Å²) < 4.78 is 5.03. The average molecular weight is 314 g/mol. The Kier molecular flexibility index (Phi) is 5.75. The van der Waals surface area contributed by atoms with Crippen LogP contribution in [0.25, 0.3) is 0 Å². The lowest BCUT2D eigenvalue weighted by Gasteiger charge is -2.34. The molecule has 1 saturated carbocycles. The summed E-state index contributed by atoms with van der Waals surface area (Å²) in [6, 6.07) is 8.34. The second kappa shape index (κ2) is 7.77. The van der Waals surface area contributed by atoms with Crippen LogP contribution in [0.15, 0.2) is 24.3 Å². The molecule has 0 radical (unpaired) electrons. The van der Waals surface area contributed by atoms with E-state index >= 15 is 0 Å². The molecule has 23 heavy (non-hydrogen) atoms. The van der Waals surface area contributed by atoms with Crippen molar-refractivity contribution in [2.24, 2.45) is 11.8 Å². The molecule has 0 saturated heterocycles. The normalized spacial score (nSPS) is 23.6. The van der Waals surface area contributed by atoms with E-state index in [9.17, 15) is 9.59 Å². The van der Waals surface area contributed by atoms with E-state index in [-0.39, 0.29) is 24.1 Å². The summed E-state index contributed by atoms with van der Waals surface area (Å²) in [5, 5.41) is 11.8. The van der Waals surface area contributed by atoms with E-state index in [2.05, 4.69) is 19.2 Å². The molecule has 1 aromatic carbocycles. The van der Waals surface area contributed by atoms with Crippen molar-refractivity contribution in [3.8, 4) is 6.07 Å². The zero-order chi connectivity index (χ0) is 16.8. The Balaban J connectivity index is 1.84. The molecule has 5 nitrogen and oxygen atoms in total. The van der Waals surface area contributed by atoms with Gasteiger partial charge >= 0.3 is 5.97 Å². The highest BCUT2D eigenvalue weighted by molar-refractivity contribution is 5.91. The quantitative estimate of drug-likeness (QED) is 0.867. The molecule has 0 spiro atoms. The number of benzene rings is 1. The van der Waals surface area contributed by atoms with Gasteiger partial charge in [0.05, 0.1) is 17.2 Å². The van der Waals surface area contributed by atoms with E-state index in [1.807, 2.05) is 6.07 Å². The van der Waals surface area contributed by atoms with Crippen molar-refractivity contribution in [2.75, 3.05) is 6.61 Å². The Morgan fingerprint density at radius 3 is 2.87 bits per heavy atom. The molecule has 0 bridgehead atoms. The summed E-state index contributed by atoms with van der Waals surface area (Å²) in [5.41, 5.74) is 0.658. The van der Waals surface area contributed by atoms with Gasteiger partial charge in [-0.15, -0.1) is 0 Å². The van der Waals surface area contributed by atoms with Gasteiger partial charge in [0.15, 0.2) is 6.61 Å². The van der Waals surface area contributed by atoms with Gasteiger partial charge in [-0.2, -0.15) is 5.26 Å². The van der Waals surface area contributed by atoms with Crippen LogP contribution in [0.4, 0.5) is 0 Å². The number of ether oxygens (including phenoxy) is 1. The van der Waals surface area contributed by atoms with Gasteiger partial charge in [0.25, 0.3) is 5.91 Å². The zero-order valence-corrected chi connectivity index (χ0v) is 13.5. The lowest BCUT2D eigenvalue weighted by molar-refractivity contribution is -0.125. The highest BCUT2D eigenvalue weighted by Crippen LogP contribution is 2.29. The minimum absolute atomic E-state index is 0.145. The molecule has 1 amide bonds. The molecule has 1 aliphatic rings. The second-order valence-corrected chi connectivity index (χ2v) is 6.21. The molecule has 2 rings (SSSR count). The molecule has 1 aliphatic carbocycles. The first kappa shape index (κ1) is 17.0. The van der Waals surface area contributed by atoms with Crippen molar-refractivity contribution in [1.82, 2.24) is 5.32 Å². The molecule has 1 aromatic rings. The number of amides is 1. The molecule has 0 heterocycles. The van der Waals surface area contributed by atoms with Crippen molar-refractivity contribution >= 4 is 11.9 Å². The summed E-state index contributed by atoms with van der Waals surface area (Å²) in [7, 11) is 0. The van der Waals surface area contributed by atoms with Gasteiger partial charge < -0.3 is 10.1 Å². The van der Waals surface area contributed by atoms with Gasteiger partial charge in [0.1, 0.15) is 0 Å². The number of hydrogen-bond acceptors (Lipinski definition) is 4. The molecular weight excluding hydrogens is 292 g/mol. The number of rotatable bonds is 4. The summed E-state index contributed by atoms with van der Waals surface area (Å²) in [6.07, 6.45) is 3.27. The first-order chi connectivity index (χ1) is 11.0. The lowest BCUT2D eigenvalue weighted by Crippen LogP contribution is -2.45. The van der Waals surface area contributed by atoms with Crippen LogP contribution >= 0.6 is 0 Å². The third-order valence-corrected chi connectivity index (χ3v) is 4.61. The lowest BCUT2D eigenvalue weighted by atomic mass is 9.78. The van der Waals surface area contributed by atoms with E-state index < -0.39 is 5.97 Å². The smallest absolute Gasteiger partial charge is 0.338 e. The fourth-order valence-corrected chi connectivity index (χ4v) is 2.96. The molecule has 5 heteroatoms. The molecule has 0 aromatic heterocycles. The third-order valence-electron chi connectivity index (χ3n) is 4.61. The van der Waals surface area contributed by atoms with Crippen LogP contribution in [0.5, 0.6) is 0 Å². The summed E-state index contributed by atoms with van der Waals surface area (Å²) in [4.78, 5) is 23.9. The Hall–Kier alpha value is -2.35. The highest BCUT2D eigenvalue weighted by Gasteiger charge is 2.28. The van der Waals surface area contributed by atoms with Crippen LogP contribution < -0.4 is 5.32 Å². The van der Waals surface area contributed by atoms with Crippen molar-refractivity contribution in [3.05, 3.63) is 35.4 Å². The molecule has 1 N–H and O–H groups in total. The monoisotopic (exact) mass is 314 g/mol. The van der Waals surface area contributed by atoms with Crippen LogP contribution in [0.1, 0.15) is 49.0 Å². The van der Waals surface area contributed by atoms with Gasteiger partial charge in [-0.05, 0) is 36.5 Å².